The van der Waals surface area contributed by atoms with Crippen LogP contribution < -0.4 is 5.73 Å². The van der Waals surface area contributed by atoms with E-state index in [1.54, 1.807) is 0 Å². The highest BCUT2D eigenvalue weighted by molar-refractivity contribution is 5.82. The third kappa shape index (κ3) is 3.68. The van der Waals surface area contributed by atoms with Crippen LogP contribution in [0, 0.1) is 0 Å². The minimum Gasteiger partial charge on any atom is -0.334 e. The predicted octanol–water partition coefficient (Wildman–Crippen LogP) is 1.99. The number of carbonyl (C=O) groups is 1. The monoisotopic (exact) mass is 301 g/mol. The molecule has 0 aromatic heterocycles. The minimum absolute atomic E-state index is 0.133. The fourth-order valence-corrected chi connectivity index (χ4v) is 3.49. The Morgan fingerprint density at radius 1 is 1.27 bits per heavy atom. The molecule has 4 nitrogen and oxygen atoms in total. The summed E-state index contributed by atoms with van der Waals surface area (Å²) in [4.78, 5) is 17.1. The quantitative estimate of drug-likeness (QED) is 0.905. The van der Waals surface area contributed by atoms with Crippen molar-refractivity contribution < 1.29 is 4.79 Å². The van der Waals surface area contributed by atoms with Crippen molar-refractivity contribution in [1.29, 1.82) is 0 Å². The van der Waals surface area contributed by atoms with Gasteiger partial charge >= 0.3 is 0 Å². The van der Waals surface area contributed by atoms with Gasteiger partial charge in [-0.15, -0.1) is 0 Å². The number of rotatable bonds is 5. The molecule has 4 heteroatoms. The van der Waals surface area contributed by atoms with Crippen molar-refractivity contribution in [1.82, 2.24) is 9.80 Å². The lowest BCUT2D eigenvalue weighted by Gasteiger charge is -2.40. The van der Waals surface area contributed by atoms with E-state index in [-0.39, 0.29) is 11.9 Å². The Bertz CT molecular complexity index is 498. The van der Waals surface area contributed by atoms with E-state index >= 15 is 0 Å². The second-order valence-electron chi connectivity index (χ2n) is 6.78. The summed E-state index contributed by atoms with van der Waals surface area (Å²) in [5.41, 5.74) is 7.21. The van der Waals surface area contributed by atoms with Crippen LogP contribution in [0.3, 0.4) is 0 Å². The van der Waals surface area contributed by atoms with Crippen molar-refractivity contribution in [2.24, 2.45) is 5.73 Å². The van der Waals surface area contributed by atoms with Gasteiger partial charge in [-0.05, 0) is 44.7 Å². The maximum absolute atomic E-state index is 12.5. The second-order valence-corrected chi connectivity index (χ2v) is 6.78. The summed E-state index contributed by atoms with van der Waals surface area (Å²) in [6, 6.07) is 11.0. The van der Waals surface area contributed by atoms with Crippen LogP contribution in [0.4, 0.5) is 0 Å². The molecule has 120 valence electrons. The molecule has 3 rings (SSSR count). The molecule has 2 aliphatic rings. The Morgan fingerprint density at radius 3 is 2.64 bits per heavy atom. The molecule has 1 aromatic carbocycles. The summed E-state index contributed by atoms with van der Waals surface area (Å²) < 4.78 is 0. The van der Waals surface area contributed by atoms with Gasteiger partial charge in [-0.3, -0.25) is 9.69 Å². The molecule has 1 aliphatic carbocycles. The molecule has 2 fully saturated rings. The van der Waals surface area contributed by atoms with Gasteiger partial charge in [0, 0.05) is 25.2 Å². The maximum Gasteiger partial charge on any atom is 0.239 e. The fourth-order valence-electron chi connectivity index (χ4n) is 3.49. The molecular formula is C18H27N3O. The van der Waals surface area contributed by atoms with Crippen LogP contribution in [-0.4, -0.2) is 46.9 Å². The van der Waals surface area contributed by atoms with E-state index in [1.165, 1.54) is 5.56 Å². The highest BCUT2D eigenvalue weighted by atomic mass is 16.2. The number of hydrogen-bond donors (Lipinski definition) is 1. The Balaban J connectivity index is 1.65. The van der Waals surface area contributed by atoms with E-state index in [4.69, 9.17) is 5.73 Å². The van der Waals surface area contributed by atoms with Gasteiger partial charge < -0.3 is 10.6 Å². The normalized spacial score (nSPS) is 24.0. The molecule has 1 saturated carbocycles. The van der Waals surface area contributed by atoms with E-state index < -0.39 is 0 Å². The van der Waals surface area contributed by atoms with Crippen LogP contribution in [0.5, 0.6) is 0 Å². The van der Waals surface area contributed by atoms with E-state index in [1.807, 2.05) is 6.92 Å². The second kappa shape index (κ2) is 6.80. The molecule has 1 aromatic rings. The molecule has 0 bridgehead atoms. The van der Waals surface area contributed by atoms with Gasteiger partial charge in [0.2, 0.25) is 5.91 Å². The van der Waals surface area contributed by atoms with Crippen LogP contribution in [0.1, 0.15) is 38.2 Å². The van der Waals surface area contributed by atoms with Gasteiger partial charge in [-0.25, -0.2) is 0 Å². The summed E-state index contributed by atoms with van der Waals surface area (Å²) in [6.07, 6.45) is 4.56. The molecule has 2 atom stereocenters. The molecule has 1 amide bonds. The molecule has 1 heterocycles. The van der Waals surface area contributed by atoms with Gasteiger partial charge in [-0.1, -0.05) is 30.3 Å². The largest absolute Gasteiger partial charge is 0.334 e. The SMILES string of the molecule is C[C@H](N)C(=O)N(C1CC1)[C@H]1CCCN(Cc2ccccc2)C1. The molecule has 0 radical (unpaired) electrons. The molecule has 22 heavy (non-hydrogen) atoms. The summed E-state index contributed by atoms with van der Waals surface area (Å²) in [5, 5.41) is 0. The Morgan fingerprint density at radius 2 is 2.00 bits per heavy atom. The third-order valence-corrected chi connectivity index (χ3v) is 4.71. The summed E-state index contributed by atoms with van der Waals surface area (Å²) in [7, 11) is 0. The number of piperidine rings is 1. The number of amides is 1. The molecule has 0 unspecified atom stereocenters. The van der Waals surface area contributed by atoms with Crippen molar-refractivity contribution in [3.05, 3.63) is 35.9 Å². The maximum atomic E-state index is 12.5. The molecule has 1 aliphatic heterocycles. The number of nitrogens with zero attached hydrogens (tertiary/aromatic N) is 2. The third-order valence-electron chi connectivity index (χ3n) is 4.71. The first-order valence-electron chi connectivity index (χ1n) is 8.49. The average Bonchev–Trinajstić information content (AvgIpc) is 3.33. The number of carbonyl (C=O) groups excluding carboxylic acids is 1. The van der Waals surface area contributed by atoms with Gasteiger partial charge in [0.15, 0.2) is 0 Å². The van der Waals surface area contributed by atoms with E-state index in [0.717, 1.165) is 45.3 Å². The zero-order chi connectivity index (χ0) is 15.5. The first kappa shape index (κ1) is 15.5. The zero-order valence-electron chi connectivity index (χ0n) is 13.4. The lowest BCUT2D eigenvalue weighted by Crippen LogP contribution is -2.54. The van der Waals surface area contributed by atoms with Gasteiger partial charge in [0.1, 0.15) is 0 Å². The van der Waals surface area contributed by atoms with Crippen molar-refractivity contribution in [3.8, 4) is 0 Å². The number of benzene rings is 1. The fraction of sp³-hybridized carbons (Fsp3) is 0.611. The van der Waals surface area contributed by atoms with Crippen molar-refractivity contribution in [2.75, 3.05) is 13.1 Å². The van der Waals surface area contributed by atoms with Gasteiger partial charge in [0.05, 0.1) is 6.04 Å². The van der Waals surface area contributed by atoms with Gasteiger partial charge in [0.25, 0.3) is 0 Å². The van der Waals surface area contributed by atoms with Crippen LogP contribution in [0.25, 0.3) is 0 Å². The number of hydrogen-bond acceptors (Lipinski definition) is 3. The summed E-state index contributed by atoms with van der Waals surface area (Å²) in [6.45, 7) is 4.88. The first-order valence-corrected chi connectivity index (χ1v) is 8.49. The molecular weight excluding hydrogens is 274 g/mol. The van der Waals surface area contributed by atoms with E-state index in [9.17, 15) is 4.79 Å². The minimum atomic E-state index is -0.384. The van der Waals surface area contributed by atoms with Crippen molar-refractivity contribution in [2.45, 2.75) is 57.3 Å². The molecule has 0 spiro atoms. The molecule has 1 saturated heterocycles. The van der Waals surface area contributed by atoms with Crippen LogP contribution in [-0.2, 0) is 11.3 Å². The summed E-state index contributed by atoms with van der Waals surface area (Å²) >= 11 is 0. The van der Waals surface area contributed by atoms with Crippen LogP contribution >= 0.6 is 0 Å². The lowest BCUT2D eigenvalue weighted by atomic mass is 10.0. The van der Waals surface area contributed by atoms with Crippen molar-refractivity contribution >= 4 is 5.91 Å². The Kier molecular flexibility index (Phi) is 4.79. The van der Waals surface area contributed by atoms with Crippen LogP contribution in [0.15, 0.2) is 30.3 Å². The average molecular weight is 301 g/mol. The molecule has 2 N–H and O–H groups in total. The lowest BCUT2D eigenvalue weighted by molar-refractivity contribution is -0.136. The van der Waals surface area contributed by atoms with E-state index in [2.05, 4.69) is 40.1 Å². The number of likely N-dealkylation sites (tertiary alicyclic amines) is 1. The highest BCUT2D eigenvalue weighted by Crippen LogP contribution is 2.32. The van der Waals surface area contributed by atoms with Crippen LogP contribution in [0.2, 0.25) is 0 Å². The van der Waals surface area contributed by atoms with Crippen molar-refractivity contribution in [3.63, 3.8) is 0 Å². The topological polar surface area (TPSA) is 49.6 Å². The summed E-state index contributed by atoms with van der Waals surface area (Å²) in [5.74, 6) is 0.133. The number of nitrogens with two attached hydrogens (primary N) is 1. The Hall–Kier alpha value is -1.39. The predicted molar refractivity (Wildman–Crippen MR) is 88.3 cm³/mol. The standard InChI is InChI=1S/C18H27N3O/c1-14(19)18(22)21(16-9-10-16)17-8-5-11-20(13-17)12-15-6-3-2-4-7-15/h2-4,6-7,14,16-17H,5,8-13,19H2,1H3/t14-,17-/m0/s1. The highest BCUT2D eigenvalue weighted by Gasteiger charge is 2.39. The van der Waals surface area contributed by atoms with E-state index in [0.29, 0.717) is 12.1 Å². The smallest absolute Gasteiger partial charge is 0.239 e. The zero-order valence-corrected chi connectivity index (χ0v) is 13.4. The first-order chi connectivity index (χ1) is 10.6. The van der Waals surface area contributed by atoms with Gasteiger partial charge in [-0.2, -0.15) is 0 Å². The Labute approximate surface area is 133 Å².